The fraction of sp³-hybridized carbons (Fsp3) is 0.308. The summed E-state index contributed by atoms with van der Waals surface area (Å²) in [5.41, 5.74) is 0.791. The van der Waals surface area contributed by atoms with Crippen LogP contribution in [0.25, 0.3) is 6.08 Å². The number of ether oxygens (including phenoxy) is 1. The molecule has 0 aromatic heterocycles. The standard InChI is InChI=1S/C13H17O6PS/c1-11(14)19-13-7-3-2-5-12(13)6-4-9-21-10-8-18-20(15,16)17/h2-7H,8-10H2,1H3,(H2,15,16,17)/b6-4-. The molecule has 0 unspecified atom stereocenters. The van der Waals surface area contributed by atoms with Gasteiger partial charge in [0.1, 0.15) is 5.75 Å². The van der Waals surface area contributed by atoms with Gasteiger partial charge in [0.25, 0.3) is 0 Å². The molecule has 8 heteroatoms. The molecule has 0 bridgehead atoms. The minimum atomic E-state index is -4.37. The van der Waals surface area contributed by atoms with Gasteiger partial charge in [0, 0.05) is 24.0 Å². The molecule has 0 saturated heterocycles. The van der Waals surface area contributed by atoms with Gasteiger partial charge in [-0.25, -0.2) is 4.57 Å². The van der Waals surface area contributed by atoms with E-state index in [2.05, 4.69) is 4.52 Å². The molecule has 1 rings (SSSR count). The first kappa shape index (κ1) is 17.9. The van der Waals surface area contributed by atoms with Crippen LogP contribution in [0, 0.1) is 0 Å². The van der Waals surface area contributed by atoms with Crippen molar-refractivity contribution in [2.24, 2.45) is 0 Å². The van der Waals surface area contributed by atoms with Gasteiger partial charge in [-0.3, -0.25) is 9.32 Å². The molecule has 1 aromatic rings. The van der Waals surface area contributed by atoms with E-state index in [4.69, 9.17) is 14.5 Å². The topological polar surface area (TPSA) is 93.1 Å². The number of phosphoric acid groups is 1. The molecule has 116 valence electrons. The van der Waals surface area contributed by atoms with Crippen molar-refractivity contribution >= 4 is 31.6 Å². The summed E-state index contributed by atoms with van der Waals surface area (Å²) in [6.07, 6.45) is 3.71. The molecular weight excluding hydrogens is 315 g/mol. The zero-order valence-electron chi connectivity index (χ0n) is 11.5. The number of rotatable bonds is 8. The normalized spacial score (nSPS) is 11.8. The number of esters is 1. The van der Waals surface area contributed by atoms with E-state index in [9.17, 15) is 9.36 Å². The fourth-order valence-electron chi connectivity index (χ4n) is 1.41. The number of hydrogen-bond acceptors (Lipinski definition) is 5. The van der Waals surface area contributed by atoms with Crippen LogP contribution in [0.1, 0.15) is 12.5 Å². The molecule has 21 heavy (non-hydrogen) atoms. The minimum absolute atomic E-state index is 0.00712. The van der Waals surface area contributed by atoms with E-state index in [0.717, 1.165) is 5.56 Å². The van der Waals surface area contributed by atoms with E-state index in [0.29, 0.717) is 17.3 Å². The van der Waals surface area contributed by atoms with Crippen molar-refractivity contribution in [3.8, 4) is 5.75 Å². The highest BCUT2D eigenvalue weighted by molar-refractivity contribution is 7.99. The highest BCUT2D eigenvalue weighted by Crippen LogP contribution is 2.35. The van der Waals surface area contributed by atoms with Crippen molar-refractivity contribution in [1.82, 2.24) is 0 Å². The third-order valence-corrected chi connectivity index (χ3v) is 3.57. The maximum absolute atomic E-state index is 11.0. The minimum Gasteiger partial charge on any atom is -0.426 e. The predicted octanol–water partition coefficient (Wildman–Crippen LogP) is 2.47. The molecule has 2 N–H and O–H groups in total. The van der Waals surface area contributed by atoms with Crippen LogP contribution < -0.4 is 4.74 Å². The number of benzene rings is 1. The molecule has 0 aliphatic rings. The Balaban J connectivity index is 2.37. The van der Waals surface area contributed by atoms with Crippen LogP contribution in [0.15, 0.2) is 30.3 Å². The molecule has 0 heterocycles. The predicted molar refractivity (Wildman–Crippen MR) is 82.1 cm³/mol. The highest BCUT2D eigenvalue weighted by atomic mass is 32.2. The Morgan fingerprint density at radius 2 is 2.10 bits per heavy atom. The Morgan fingerprint density at radius 1 is 1.38 bits per heavy atom. The molecule has 1 aromatic carbocycles. The average molecular weight is 332 g/mol. The van der Waals surface area contributed by atoms with Crippen LogP contribution in [0.4, 0.5) is 0 Å². The maximum Gasteiger partial charge on any atom is 0.469 e. The zero-order valence-corrected chi connectivity index (χ0v) is 13.2. The first-order chi connectivity index (χ1) is 9.88. The average Bonchev–Trinajstić information content (AvgIpc) is 2.37. The van der Waals surface area contributed by atoms with Gasteiger partial charge in [-0.1, -0.05) is 30.4 Å². The van der Waals surface area contributed by atoms with E-state index in [-0.39, 0.29) is 12.6 Å². The quantitative estimate of drug-likeness (QED) is 0.327. The van der Waals surface area contributed by atoms with Crippen LogP contribution in [-0.2, 0) is 13.9 Å². The van der Waals surface area contributed by atoms with E-state index in [1.54, 1.807) is 12.1 Å². The van der Waals surface area contributed by atoms with E-state index < -0.39 is 7.82 Å². The van der Waals surface area contributed by atoms with Gasteiger partial charge in [-0.05, 0) is 6.07 Å². The summed E-state index contributed by atoms with van der Waals surface area (Å²) in [4.78, 5) is 28.0. The van der Waals surface area contributed by atoms with Crippen molar-refractivity contribution in [1.29, 1.82) is 0 Å². The largest absolute Gasteiger partial charge is 0.469 e. The van der Waals surface area contributed by atoms with Gasteiger partial charge in [0.05, 0.1) is 6.61 Å². The smallest absolute Gasteiger partial charge is 0.426 e. The summed E-state index contributed by atoms with van der Waals surface area (Å²) in [7, 11) is -4.37. The summed E-state index contributed by atoms with van der Waals surface area (Å²) in [6, 6.07) is 7.16. The highest BCUT2D eigenvalue weighted by Gasteiger charge is 2.12. The Hall–Kier alpha value is -1.11. The van der Waals surface area contributed by atoms with E-state index in [1.807, 2.05) is 24.3 Å². The van der Waals surface area contributed by atoms with Crippen molar-refractivity contribution in [2.45, 2.75) is 6.92 Å². The lowest BCUT2D eigenvalue weighted by Crippen LogP contribution is -2.02. The molecule has 0 fully saturated rings. The molecule has 0 aliphatic carbocycles. The summed E-state index contributed by atoms with van der Waals surface area (Å²) >= 11 is 1.47. The number of thioether (sulfide) groups is 1. The second-order valence-corrected chi connectivity index (χ2v) is 6.32. The third kappa shape index (κ3) is 8.70. The number of carbonyl (C=O) groups excluding carboxylic acids is 1. The van der Waals surface area contributed by atoms with Crippen molar-refractivity contribution in [3.05, 3.63) is 35.9 Å². The summed E-state index contributed by atoms with van der Waals surface area (Å²) in [6.45, 7) is 1.34. The third-order valence-electron chi connectivity index (χ3n) is 2.17. The molecule has 0 amide bonds. The van der Waals surface area contributed by atoms with Crippen LogP contribution in [0.5, 0.6) is 5.75 Å². The Bertz CT molecular complexity index is 539. The Kier molecular flexibility index (Phi) is 7.71. The molecule has 6 nitrogen and oxygen atoms in total. The molecule has 0 radical (unpaired) electrons. The lowest BCUT2D eigenvalue weighted by atomic mass is 10.2. The first-order valence-electron chi connectivity index (χ1n) is 6.10. The summed E-state index contributed by atoms with van der Waals surface area (Å²) < 4.78 is 19.8. The van der Waals surface area contributed by atoms with Gasteiger partial charge in [0.15, 0.2) is 0 Å². The van der Waals surface area contributed by atoms with E-state index in [1.165, 1.54) is 18.7 Å². The zero-order chi connectivity index (χ0) is 15.7. The number of para-hydroxylation sites is 1. The van der Waals surface area contributed by atoms with Gasteiger partial charge in [-0.15, -0.1) is 0 Å². The van der Waals surface area contributed by atoms with Crippen molar-refractivity contribution in [3.63, 3.8) is 0 Å². The van der Waals surface area contributed by atoms with Crippen LogP contribution in [0.2, 0.25) is 0 Å². The summed E-state index contributed by atoms with van der Waals surface area (Å²) in [5, 5.41) is 0. The lowest BCUT2D eigenvalue weighted by Gasteiger charge is -2.05. The maximum atomic E-state index is 11.0. The first-order valence-corrected chi connectivity index (χ1v) is 8.79. The van der Waals surface area contributed by atoms with Crippen LogP contribution in [-0.4, -0.2) is 33.9 Å². The number of phosphoric ester groups is 1. The molecule has 0 saturated carbocycles. The monoisotopic (exact) mass is 332 g/mol. The SMILES string of the molecule is CC(=O)Oc1ccccc1/C=C\CSCCOP(=O)(O)O. The fourth-order valence-corrected chi connectivity index (χ4v) is 2.46. The van der Waals surface area contributed by atoms with Gasteiger partial charge in [-0.2, -0.15) is 11.8 Å². The molecule has 0 aliphatic heterocycles. The molecule has 0 atom stereocenters. The summed E-state index contributed by atoms with van der Waals surface area (Å²) in [5.74, 6) is 1.25. The number of carbonyl (C=O) groups is 1. The van der Waals surface area contributed by atoms with Gasteiger partial charge < -0.3 is 14.5 Å². The molecule has 0 spiro atoms. The van der Waals surface area contributed by atoms with Crippen LogP contribution in [0.3, 0.4) is 0 Å². The lowest BCUT2D eigenvalue weighted by molar-refractivity contribution is -0.131. The Morgan fingerprint density at radius 3 is 2.76 bits per heavy atom. The van der Waals surface area contributed by atoms with Crippen molar-refractivity contribution in [2.75, 3.05) is 18.1 Å². The molecular formula is C13H17O6PS. The second kappa shape index (κ2) is 9.02. The van der Waals surface area contributed by atoms with Gasteiger partial charge in [0.2, 0.25) is 0 Å². The van der Waals surface area contributed by atoms with Crippen LogP contribution >= 0.6 is 19.6 Å². The van der Waals surface area contributed by atoms with E-state index >= 15 is 0 Å². The van der Waals surface area contributed by atoms with Crippen molar-refractivity contribution < 1.29 is 28.4 Å². The number of hydrogen-bond donors (Lipinski definition) is 2. The second-order valence-electron chi connectivity index (χ2n) is 3.93. The Labute approximate surface area is 127 Å². The van der Waals surface area contributed by atoms with Gasteiger partial charge >= 0.3 is 13.8 Å².